The molecular formula is C12H16ClN3O2. The Morgan fingerprint density at radius 1 is 1.67 bits per heavy atom. The monoisotopic (exact) mass is 269 g/mol. The third-order valence-corrected chi connectivity index (χ3v) is 3.36. The lowest BCUT2D eigenvalue weighted by atomic mass is 9.89. The van der Waals surface area contributed by atoms with E-state index in [-0.39, 0.29) is 16.6 Å². The van der Waals surface area contributed by atoms with Gasteiger partial charge in [0.1, 0.15) is 5.15 Å². The second-order valence-corrected chi connectivity index (χ2v) is 5.10. The van der Waals surface area contributed by atoms with Gasteiger partial charge in [-0.2, -0.15) is 0 Å². The predicted molar refractivity (Wildman–Crippen MR) is 69.4 cm³/mol. The Bertz CT molecular complexity index is 472. The van der Waals surface area contributed by atoms with Crippen molar-refractivity contribution in [3.05, 3.63) is 23.0 Å². The van der Waals surface area contributed by atoms with Crippen molar-refractivity contribution in [2.45, 2.75) is 25.4 Å². The molecule has 1 aliphatic heterocycles. The first-order valence-electron chi connectivity index (χ1n) is 5.88. The molecule has 5 nitrogen and oxygen atoms in total. The quantitative estimate of drug-likeness (QED) is 0.811. The Morgan fingerprint density at radius 3 is 2.94 bits per heavy atom. The highest BCUT2D eigenvalue weighted by atomic mass is 35.5. The van der Waals surface area contributed by atoms with Crippen LogP contribution in [0, 0.1) is 0 Å². The van der Waals surface area contributed by atoms with Gasteiger partial charge in [-0.25, -0.2) is 4.98 Å². The molecule has 1 fully saturated rings. The van der Waals surface area contributed by atoms with E-state index in [1.807, 2.05) is 6.92 Å². The lowest BCUT2D eigenvalue weighted by Gasteiger charge is -2.46. The summed E-state index contributed by atoms with van der Waals surface area (Å²) in [5.74, 6) is -0.236. The smallest absolute Gasteiger partial charge is 0.257 e. The summed E-state index contributed by atoms with van der Waals surface area (Å²) in [6, 6.07) is 1.51. The molecule has 18 heavy (non-hydrogen) atoms. The van der Waals surface area contributed by atoms with Gasteiger partial charge in [-0.15, -0.1) is 0 Å². The summed E-state index contributed by atoms with van der Waals surface area (Å²) in [6.07, 6.45) is 2.99. The number of likely N-dealkylation sites (tertiary alicyclic amines) is 1. The highest BCUT2D eigenvalue weighted by molar-refractivity contribution is 6.32. The van der Waals surface area contributed by atoms with Crippen molar-refractivity contribution in [2.24, 2.45) is 0 Å². The lowest BCUT2D eigenvalue weighted by Crippen LogP contribution is -2.63. The molecule has 98 valence electrons. The number of rotatable bonds is 3. The van der Waals surface area contributed by atoms with Crippen LogP contribution < -0.4 is 5.73 Å². The number of carbonyl (C=O) groups is 1. The number of aliphatic hydroxyl groups is 1. The minimum Gasteiger partial charge on any atom is -0.397 e. The molecule has 2 heterocycles. The Morgan fingerprint density at radius 2 is 2.33 bits per heavy atom. The van der Waals surface area contributed by atoms with Crippen molar-refractivity contribution in [1.29, 1.82) is 0 Å². The van der Waals surface area contributed by atoms with Gasteiger partial charge >= 0.3 is 0 Å². The number of amides is 1. The maximum Gasteiger partial charge on any atom is 0.257 e. The van der Waals surface area contributed by atoms with E-state index in [2.05, 4.69) is 4.98 Å². The first-order chi connectivity index (χ1) is 8.45. The van der Waals surface area contributed by atoms with Crippen LogP contribution in [0.2, 0.25) is 5.15 Å². The number of aromatic nitrogens is 1. The molecule has 0 radical (unpaired) electrons. The van der Waals surface area contributed by atoms with Gasteiger partial charge in [-0.3, -0.25) is 4.79 Å². The second-order valence-electron chi connectivity index (χ2n) is 4.74. The maximum atomic E-state index is 12.1. The van der Waals surface area contributed by atoms with Crippen LogP contribution in [0.15, 0.2) is 12.3 Å². The molecule has 3 N–H and O–H groups in total. The molecule has 1 saturated heterocycles. The fourth-order valence-corrected chi connectivity index (χ4v) is 2.40. The number of carbonyl (C=O) groups excluding carboxylic acids is 1. The first-order valence-corrected chi connectivity index (χ1v) is 6.26. The van der Waals surface area contributed by atoms with Crippen molar-refractivity contribution < 1.29 is 9.90 Å². The Labute approximate surface area is 111 Å². The number of nitrogens with two attached hydrogens (primary N) is 1. The Hall–Kier alpha value is -1.33. The molecule has 0 bridgehead atoms. The van der Waals surface area contributed by atoms with Gasteiger partial charge in [0.05, 0.1) is 36.1 Å². The van der Waals surface area contributed by atoms with Gasteiger partial charge in [0.25, 0.3) is 5.91 Å². The van der Waals surface area contributed by atoms with Crippen LogP contribution >= 0.6 is 11.6 Å². The largest absolute Gasteiger partial charge is 0.397 e. The average Bonchev–Trinajstić information content (AvgIpc) is 2.28. The van der Waals surface area contributed by atoms with Gasteiger partial charge in [0, 0.05) is 0 Å². The lowest BCUT2D eigenvalue weighted by molar-refractivity contribution is -0.0860. The number of β-amino-alcohol motifs (C(OH)–C–C–N with tert-alkyl or cyclic N) is 1. The van der Waals surface area contributed by atoms with E-state index < -0.39 is 5.60 Å². The number of pyridine rings is 1. The molecule has 2 rings (SSSR count). The zero-order chi connectivity index (χ0) is 13.3. The van der Waals surface area contributed by atoms with Crippen LogP contribution in [0.3, 0.4) is 0 Å². The number of anilines is 1. The van der Waals surface area contributed by atoms with Crippen molar-refractivity contribution in [1.82, 2.24) is 9.88 Å². The minimum atomic E-state index is -0.745. The number of nitrogens with zero attached hydrogens (tertiary/aromatic N) is 2. The Kier molecular flexibility index (Phi) is 3.45. The summed E-state index contributed by atoms with van der Waals surface area (Å²) in [4.78, 5) is 17.5. The molecule has 0 unspecified atom stereocenters. The molecule has 1 aromatic heterocycles. The molecule has 6 heteroatoms. The molecule has 0 aliphatic carbocycles. The van der Waals surface area contributed by atoms with Crippen molar-refractivity contribution >= 4 is 23.2 Å². The summed E-state index contributed by atoms with van der Waals surface area (Å²) in [6.45, 7) is 2.68. The molecule has 1 aliphatic rings. The molecule has 0 spiro atoms. The van der Waals surface area contributed by atoms with E-state index in [9.17, 15) is 9.90 Å². The van der Waals surface area contributed by atoms with Crippen LogP contribution in [0.4, 0.5) is 5.69 Å². The minimum absolute atomic E-state index is 0.139. The van der Waals surface area contributed by atoms with Crippen LogP contribution in [-0.4, -0.2) is 39.6 Å². The molecule has 0 aromatic carbocycles. The maximum absolute atomic E-state index is 12.1. The average molecular weight is 270 g/mol. The topological polar surface area (TPSA) is 79.5 Å². The van der Waals surface area contributed by atoms with Gasteiger partial charge in [0.15, 0.2) is 0 Å². The van der Waals surface area contributed by atoms with E-state index in [1.165, 1.54) is 12.3 Å². The summed E-state index contributed by atoms with van der Waals surface area (Å²) in [5.41, 5.74) is 5.52. The van der Waals surface area contributed by atoms with Crippen LogP contribution in [0.25, 0.3) is 0 Å². The van der Waals surface area contributed by atoms with E-state index >= 15 is 0 Å². The normalized spacial score (nSPS) is 17.4. The predicted octanol–water partition coefficient (Wildman–Crippen LogP) is 1.30. The zero-order valence-electron chi connectivity index (χ0n) is 10.2. The number of hydrogen-bond donors (Lipinski definition) is 2. The zero-order valence-corrected chi connectivity index (χ0v) is 10.9. The first kappa shape index (κ1) is 13.1. The van der Waals surface area contributed by atoms with Crippen LogP contribution in [0.1, 0.15) is 30.1 Å². The fourth-order valence-electron chi connectivity index (χ4n) is 2.22. The molecule has 1 aromatic rings. The molecule has 1 amide bonds. The third-order valence-electron chi connectivity index (χ3n) is 3.06. The highest BCUT2D eigenvalue weighted by Crippen LogP contribution is 2.28. The second kappa shape index (κ2) is 4.74. The SMILES string of the molecule is CCCC1(O)CN(C(=O)c2cc(N)cnc2Cl)C1. The number of hydrogen-bond acceptors (Lipinski definition) is 4. The summed E-state index contributed by atoms with van der Waals surface area (Å²) < 4.78 is 0. The van der Waals surface area contributed by atoms with Gasteiger partial charge in [-0.1, -0.05) is 24.9 Å². The highest BCUT2D eigenvalue weighted by Gasteiger charge is 2.43. The molecule has 0 atom stereocenters. The van der Waals surface area contributed by atoms with E-state index in [1.54, 1.807) is 4.90 Å². The number of halogens is 1. The summed E-state index contributed by atoms with van der Waals surface area (Å²) in [5, 5.41) is 10.2. The fraction of sp³-hybridized carbons (Fsp3) is 0.500. The molecular weight excluding hydrogens is 254 g/mol. The van der Waals surface area contributed by atoms with Gasteiger partial charge in [-0.05, 0) is 12.5 Å². The Balaban J connectivity index is 2.08. The summed E-state index contributed by atoms with van der Waals surface area (Å²) >= 11 is 5.87. The van der Waals surface area contributed by atoms with Crippen LogP contribution in [0.5, 0.6) is 0 Å². The van der Waals surface area contributed by atoms with Gasteiger partial charge < -0.3 is 15.7 Å². The summed E-state index contributed by atoms with van der Waals surface area (Å²) in [7, 11) is 0. The van der Waals surface area contributed by atoms with E-state index in [0.717, 1.165) is 6.42 Å². The van der Waals surface area contributed by atoms with Gasteiger partial charge in [0.2, 0.25) is 0 Å². The van der Waals surface area contributed by atoms with Crippen molar-refractivity contribution in [3.8, 4) is 0 Å². The number of nitrogen functional groups attached to an aromatic ring is 1. The third kappa shape index (κ3) is 2.42. The van der Waals surface area contributed by atoms with Crippen LogP contribution in [-0.2, 0) is 0 Å². The van der Waals surface area contributed by atoms with Crippen molar-refractivity contribution in [3.63, 3.8) is 0 Å². The standard InChI is InChI=1S/C12H16ClN3O2/c1-2-3-12(18)6-16(7-12)11(17)9-4-8(14)5-15-10(9)13/h4-5,18H,2-3,6-7,14H2,1H3. The van der Waals surface area contributed by atoms with Crippen molar-refractivity contribution in [2.75, 3.05) is 18.8 Å². The molecule has 0 saturated carbocycles. The van der Waals surface area contributed by atoms with E-state index in [4.69, 9.17) is 17.3 Å². The van der Waals surface area contributed by atoms with E-state index in [0.29, 0.717) is 25.2 Å².